The van der Waals surface area contributed by atoms with E-state index in [4.69, 9.17) is 28.8 Å². The third-order valence-corrected chi connectivity index (χ3v) is 11.1. The lowest BCUT2D eigenvalue weighted by Crippen LogP contribution is -2.01. The van der Waals surface area contributed by atoms with Crippen LogP contribution in [0, 0.1) is 0 Å². The zero-order chi connectivity index (χ0) is 38.2. The van der Waals surface area contributed by atoms with Gasteiger partial charge < -0.3 is 8.83 Å². The highest BCUT2D eigenvalue weighted by Crippen LogP contribution is 2.43. The summed E-state index contributed by atoms with van der Waals surface area (Å²) in [6, 6.07) is 62.3. The van der Waals surface area contributed by atoms with Crippen molar-refractivity contribution in [1.82, 2.24) is 19.9 Å². The number of hydrogen-bond donors (Lipinski definition) is 0. The largest absolute Gasteiger partial charge is 0.456 e. The second kappa shape index (κ2) is 12.8. The molecule has 0 amide bonds. The van der Waals surface area contributed by atoms with E-state index in [0.29, 0.717) is 23.4 Å². The molecule has 270 valence electrons. The molecule has 12 aromatic rings. The van der Waals surface area contributed by atoms with Gasteiger partial charge in [0.15, 0.2) is 23.1 Å². The van der Waals surface area contributed by atoms with Crippen molar-refractivity contribution in [2.75, 3.05) is 0 Å². The van der Waals surface area contributed by atoms with Crippen LogP contribution in [-0.4, -0.2) is 19.9 Å². The Morgan fingerprint density at radius 1 is 0.328 bits per heavy atom. The summed E-state index contributed by atoms with van der Waals surface area (Å²) < 4.78 is 13.0. The highest BCUT2D eigenvalue weighted by Gasteiger charge is 2.22. The smallest absolute Gasteiger partial charge is 0.227 e. The van der Waals surface area contributed by atoms with Gasteiger partial charge in [0.2, 0.25) is 5.89 Å². The fraction of sp³-hybridized carbons (Fsp3) is 0. The standard InChI is InChI=1S/C52H30N4O2/c1-3-12-31(13-4-1)32-22-24-34(25-23-32)49-54-50(40-19-11-21-44-46(40)39-18-9-10-20-43(39)57-44)56-51(55-49)41-30-36-16-7-8-17-37(36)47-38(41)28-26-33-27-29-42-48(45(33)47)58-52(53-42)35-14-5-2-6-15-35/h1-30H. The molecule has 0 atom stereocenters. The Hall–Kier alpha value is -7.96. The summed E-state index contributed by atoms with van der Waals surface area (Å²) in [5, 5.41) is 8.29. The highest BCUT2D eigenvalue weighted by atomic mass is 16.3. The van der Waals surface area contributed by atoms with Crippen LogP contribution in [0.2, 0.25) is 0 Å². The van der Waals surface area contributed by atoms with Gasteiger partial charge in [-0.15, -0.1) is 0 Å². The van der Waals surface area contributed by atoms with Gasteiger partial charge in [-0.05, 0) is 69.1 Å². The minimum absolute atomic E-state index is 0.566. The third-order valence-electron chi connectivity index (χ3n) is 11.1. The number of furan rings is 1. The van der Waals surface area contributed by atoms with Gasteiger partial charge in [0.05, 0.1) is 0 Å². The molecule has 58 heavy (non-hydrogen) atoms. The van der Waals surface area contributed by atoms with E-state index in [9.17, 15) is 0 Å². The lowest BCUT2D eigenvalue weighted by molar-refractivity contribution is 0.623. The van der Waals surface area contributed by atoms with Crippen molar-refractivity contribution in [3.8, 4) is 56.7 Å². The minimum Gasteiger partial charge on any atom is -0.456 e. The summed E-state index contributed by atoms with van der Waals surface area (Å²) in [7, 11) is 0. The van der Waals surface area contributed by atoms with E-state index >= 15 is 0 Å². The Balaban J connectivity index is 1.14. The molecule has 0 aliphatic carbocycles. The monoisotopic (exact) mass is 742 g/mol. The zero-order valence-corrected chi connectivity index (χ0v) is 30.9. The predicted octanol–water partition coefficient (Wildman–Crippen LogP) is 13.7. The first-order chi connectivity index (χ1) is 28.7. The van der Waals surface area contributed by atoms with Crippen LogP contribution >= 0.6 is 0 Å². The van der Waals surface area contributed by atoms with E-state index < -0.39 is 0 Å². The molecule has 6 nitrogen and oxygen atoms in total. The van der Waals surface area contributed by atoms with Gasteiger partial charge in [0.25, 0.3) is 0 Å². The van der Waals surface area contributed by atoms with Crippen molar-refractivity contribution in [2.24, 2.45) is 0 Å². The van der Waals surface area contributed by atoms with Crippen molar-refractivity contribution >= 4 is 65.4 Å². The van der Waals surface area contributed by atoms with E-state index in [2.05, 4.69) is 109 Å². The topological polar surface area (TPSA) is 77.8 Å². The molecular weight excluding hydrogens is 713 g/mol. The van der Waals surface area contributed by atoms with Crippen molar-refractivity contribution in [3.05, 3.63) is 182 Å². The number of oxazole rings is 1. The number of nitrogens with zero attached hydrogens (tertiary/aromatic N) is 4. The number of para-hydroxylation sites is 1. The lowest BCUT2D eigenvalue weighted by Gasteiger charge is -2.14. The molecule has 0 fully saturated rings. The summed E-state index contributed by atoms with van der Waals surface area (Å²) in [6.45, 7) is 0. The van der Waals surface area contributed by atoms with Crippen LogP contribution in [0.4, 0.5) is 0 Å². The lowest BCUT2D eigenvalue weighted by atomic mass is 9.92. The van der Waals surface area contributed by atoms with Gasteiger partial charge in [-0.3, -0.25) is 0 Å². The Morgan fingerprint density at radius 2 is 0.966 bits per heavy atom. The average molecular weight is 743 g/mol. The fourth-order valence-electron chi connectivity index (χ4n) is 8.42. The second-order valence-corrected chi connectivity index (χ2v) is 14.6. The normalized spacial score (nSPS) is 11.8. The Labute approximate surface area is 331 Å². The number of fused-ring (bicyclic) bond motifs is 10. The molecule has 0 bridgehead atoms. The maximum absolute atomic E-state index is 6.67. The van der Waals surface area contributed by atoms with Crippen LogP contribution < -0.4 is 0 Å². The zero-order valence-electron chi connectivity index (χ0n) is 30.9. The molecule has 0 saturated heterocycles. The second-order valence-electron chi connectivity index (χ2n) is 14.6. The number of benzene rings is 9. The number of aromatic nitrogens is 4. The Bertz CT molecular complexity index is 3560. The van der Waals surface area contributed by atoms with Gasteiger partial charge >= 0.3 is 0 Å². The van der Waals surface area contributed by atoms with E-state index in [0.717, 1.165) is 98.7 Å². The maximum atomic E-state index is 6.67. The molecule has 0 N–H and O–H groups in total. The van der Waals surface area contributed by atoms with Crippen molar-refractivity contribution in [1.29, 1.82) is 0 Å². The SMILES string of the molecule is c1ccc(-c2ccc(-c3nc(-c4cc5ccccc5c5c4ccc4ccc6nc(-c7ccccc7)oc6c45)nc(-c4cccc5oc6ccccc6c45)n3)cc2)cc1. The molecule has 3 heterocycles. The van der Waals surface area contributed by atoms with Gasteiger partial charge in [0.1, 0.15) is 16.7 Å². The number of hydrogen-bond acceptors (Lipinski definition) is 6. The van der Waals surface area contributed by atoms with Crippen molar-refractivity contribution in [2.45, 2.75) is 0 Å². The first kappa shape index (κ1) is 32.3. The summed E-state index contributed by atoms with van der Waals surface area (Å²) >= 11 is 0. The Morgan fingerprint density at radius 3 is 1.79 bits per heavy atom. The van der Waals surface area contributed by atoms with Gasteiger partial charge in [-0.25, -0.2) is 19.9 Å². The first-order valence-corrected chi connectivity index (χ1v) is 19.3. The van der Waals surface area contributed by atoms with Crippen LogP contribution in [0.25, 0.3) is 122 Å². The van der Waals surface area contributed by atoms with Crippen LogP contribution in [0.15, 0.2) is 191 Å². The van der Waals surface area contributed by atoms with Gasteiger partial charge in [-0.2, -0.15) is 0 Å². The molecular formula is C52H30N4O2. The Kier molecular flexibility index (Phi) is 7.13. The van der Waals surface area contributed by atoms with Gasteiger partial charge in [-0.1, -0.05) is 146 Å². The average Bonchev–Trinajstić information content (AvgIpc) is 3.91. The summed E-state index contributed by atoms with van der Waals surface area (Å²) in [4.78, 5) is 20.8. The van der Waals surface area contributed by atoms with Crippen LogP contribution in [0.5, 0.6) is 0 Å². The minimum atomic E-state index is 0.566. The molecule has 0 unspecified atom stereocenters. The molecule has 0 spiro atoms. The van der Waals surface area contributed by atoms with E-state index in [1.165, 1.54) is 0 Å². The van der Waals surface area contributed by atoms with E-state index in [1.807, 2.05) is 72.8 Å². The first-order valence-electron chi connectivity index (χ1n) is 19.3. The predicted molar refractivity (Wildman–Crippen MR) is 234 cm³/mol. The molecule has 0 aliphatic heterocycles. The van der Waals surface area contributed by atoms with Gasteiger partial charge in [0, 0.05) is 43.8 Å². The van der Waals surface area contributed by atoms with Crippen molar-refractivity contribution < 1.29 is 8.83 Å². The molecule has 0 aliphatic rings. The van der Waals surface area contributed by atoms with Crippen molar-refractivity contribution in [3.63, 3.8) is 0 Å². The summed E-state index contributed by atoms with van der Waals surface area (Å²) in [5.41, 5.74) is 9.01. The fourth-order valence-corrected chi connectivity index (χ4v) is 8.42. The third kappa shape index (κ3) is 5.12. The molecule has 0 radical (unpaired) electrons. The highest BCUT2D eigenvalue weighted by molar-refractivity contribution is 6.28. The maximum Gasteiger partial charge on any atom is 0.227 e. The molecule has 6 heteroatoms. The van der Waals surface area contributed by atoms with Crippen LogP contribution in [0.1, 0.15) is 0 Å². The number of rotatable bonds is 5. The molecule has 0 saturated carbocycles. The van der Waals surface area contributed by atoms with E-state index in [-0.39, 0.29) is 0 Å². The van der Waals surface area contributed by atoms with Crippen LogP contribution in [0.3, 0.4) is 0 Å². The molecule has 12 rings (SSSR count). The quantitative estimate of drug-likeness (QED) is 0.163. The summed E-state index contributed by atoms with van der Waals surface area (Å²) in [5.74, 6) is 2.31. The van der Waals surface area contributed by atoms with Crippen LogP contribution in [-0.2, 0) is 0 Å². The van der Waals surface area contributed by atoms with E-state index in [1.54, 1.807) is 0 Å². The molecule has 3 aromatic heterocycles. The molecule has 9 aromatic carbocycles. The summed E-state index contributed by atoms with van der Waals surface area (Å²) in [6.07, 6.45) is 0.